The van der Waals surface area contributed by atoms with Crippen LogP contribution in [0, 0.1) is 5.41 Å². The first-order valence-electron chi connectivity index (χ1n) is 6.07. The van der Waals surface area contributed by atoms with Crippen molar-refractivity contribution in [3.8, 4) is 0 Å². The molecule has 1 saturated heterocycles. The Morgan fingerprint density at radius 1 is 1.24 bits per heavy atom. The lowest BCUT2D eigenvalue weighted by Gasteiger charge is -2.43. The molecule has 0 saturated carbocycles. The van der Waals surface area contributed by atoms with Gasteiger partial charge in [-0.15, -0.1) is 0 Å². The van der Waals surface area contributed by atoms with Crippen LogP contribution in [0.3, 0.4) is 0 Å². The lowest BCUT2D eigenvalue weighted by atomic mass is 9.68. The second-order valence-electron chi connectivity index (χ2n) is 5.81. The first-order valence-corrected chi connectivity index (χ1v) is 6.83. The van der Waals surface area contributed by atoms with Gasteiger partial charge in [0.25, 0.3) is 0 Å². The quantitative estimate of drug-likeness (QED) is 0.786. The molecule has 1 aliphatic heterocycles. The highest BCUT2D eigenvalue weighted by molar-refractivity contribution is 6.33. The summed E-state index contributed by atoms with van der Waals surface area (Å²) in [6, 6.07) is 5.75. The smallest absolute Gasteiger partial charge is 0.0499 e. The van der Waals surface area contributed by atoms with Crippen LogP contribution in [0.4, 0.5) is 0 Å². The Morgan fingerprint density at radius 3 is 2.47 bits per heavy atom. The van der Waals surface area contributed by atoms with Crippen LogP contribution in [-0.2, 0) is 5.54 Å². The predicted molar refractivity (Wildman–Crippen MR) is 74.8 cm³/mol. The van der Waals surface area contributed by atoms with Gasteiger partial charge < -0.3 is 5.32 Å². The molecular formula is C14H19Cl2N. The third-order valence-corrected chi connectivity index (χ3v) is 4.39. The van der Waals surface area contributed by atoms with Crippen LogP contribution in [0.1, 0.15) is 39.2 Å². The zero-order chi connectivity index (χ0) is 12.7. The number of hydrogen-bond donors (Lipinski definition) is 1. The van der Waals surface area contributed by atoms with Gasteiger partial charge in [0, 0.05) is 15.6 Å². The molecular weight excluding hydrogens is 253 g/mol. The summed E-state index contributed by atoms with van der Waals surface area (Å²) < 4.78 is 0. The Labute approximate surface area is 114 Å². The normalized spacial score (nSPS) is 25.2. The molecule has 1 aromatic carbocycles. The average Bonchev–Trinajstić information content (AvgIpc) is 2.71. The molecule has 1 atom stereocenters. The Bertz CT molecular complexity index is 415. The first-order chi connectivity index (χ1) is 7.87. The molecule has 94 valence electrons. The fourth-order valence-corrected chi connectivity index (χ4v) is 3.29. The summed E-state index contributed by atoms with van der Waals surface area (Å²) in [4.78, 5) is 0. The summed E-state index contributed by atoms with van der Waals surface area (Å²) >= 11 is 12.5. The molecule has 1 unspecified atom stereocenters. The minimum absolute atomic E-state index is 0.0605. The van der Waals surface area contributed by atoms with Gasteiger partial charge >= 0.3 is 0 Å². The highest BCUT2D eigenvalue weighted by Crippen LogP contribution is 2.48. The van der Waals surface area contributed by atoms with Crippen LogP contribution >= 0.6 is 23.2 Å². The SMILES string of the molecule is CC(C)(C)C1(c2cc(Cl)ccc2Cl)CCCN1. The van der Waals surface area contributed by atoms with Crippen molar-refractivity contribution in [2.24, 2.45) is 5.41 Å². The number of benzene rings is 1. The Kier molecular flexibility index (Phi) is 3.46. The van der Waals surface area contributed by atoms with E-state index in [1.807, 2.05) is 18.2 Å². The van der Waals surface area contributed by atoms with Crippen LogP contribution in [0.25, 0.3) is 0 Å². The van der Waals surface area contributed by atoms with Crippen molar-refractivity contribution in [1.82, 2.24) is 5.32 Å². The topological polar surface area (TPSA) is 12.0 Å². The molecule has 0 aliphatic carbocycles. The third-order valence-electron chi connectivity index (χ3n) is 3.82. The van der Waals surface area contributed by atoms with E-state index in [1.54, 1.807) is 0 Å². The lowest BCUT2D eigenvalue weighted by molar-refractivity contribution is 0.161. The number of rotatable bonds is 1. The van der Waals surface area contributed by atoms with Gasteiger partial charge in [0.15, 0.2) is 0 Å². The fourth-order valence-electron chi connectivity index (χ4n) is 2.84. The zero-order valence-corrected chi connectivity index (χ0v) is 12.1. The predicted octanol–water partition coefficient (Wildman–Crippen LogP) is 4.62. The van der Waals surface area contributed by atoms with Gasteiger partial charge in [0.05, 0.1) is 0 Å². The summed E-state index contributed by atoms with van der Waals surface area (Å²) in [6.45, 7) is 7.80. The lowest BCUT2D eigenvalue weighted by Crippen LogP contribution is -2.48. The van der Waals surface area contributed by atoms with Crippen LogP contribution in [0.5, 0.6) is 0 Å². The molecule has 0 aromatic heterocycles. The molecule has 17 heavy (non-hydrogen) atoms. The van der Waals surface area contributed by atoms with Gasteiger partial charge in [-0.05, 0) is 48.6 Å². The summed E-state index contributed by atoms with van der Waals surface area (Å²) in [5.74, 6) is 0. The van der Waals surface area contributed by atoms with E-state index in [0.717, 1.165) is 28.6 Å². The van der Waals surface area contributed by atoms with Crippen molar-refractivity contribution in [2.75, 3.05) is 6.54 Å². The van der Waals surface area contributed by atoms with Gasteiger partial charge in [0.2, 0.25) is 0 Å². The molecule has 1 nitrogen and oxygen atoms in total. The van der Waals surface area contributed by atoms with Crippen molar-refractivity contribution in [3.63, 3.8) is 0 Å². The molecule has 1 aromatic rings. The molecule has 0 radical (unpaired) electrons. The molecule has 1 aliphatic rings. The summed E-state index contributed by atoms with van der Waals surface area (Å²) in [7, 11) is 0. The number of hydrogen-bond acceptors (Lipinski definition) is 1. The molecule has 2 rings (SSSR count). The van der Waals surface area contributed by atoms with Crippen molar-refractivity contribution in [3.05, 3.63) is 33.8 Å². The fraction of sp³-hybridized carbons (Fsp3) is 0.571. The maximum absolute atomic E-state index is 6.37. The third kappa shape index (κ3) is 2.21. The van der Waals surface area contributed by atoms with E-state index in [0.29, 0.717) is 0 Å². The van der Waals surface area contributed by atoms with E-state index in [9.17, 15) is 0 Å². The molecule has 0 amide bonds. The molecule has 3 heteroatoms. The summed E-state index contributed by atoms with van der Waals surface area (Å²) in [5.41, 5.74) is 1.18. The van der Waals surface area contributed by atoms with E-state index in [4.69, 9.17) is 23.2 Å². The van der Waals surface area contributed by atoms with E-state index >= 15 is 0 Å². The number of nitrogens with one attached hydrogen (secondary N) is 1. The van der Waals surface area contributed by atoms with Crippen LogP contribution in [0.2, 0.25) is 10.0 Å². The highest BCUT2D eigenvalue weighted by Gasteiger charge is 2.46. The summed E-state index contributed by atoms with van der Waals surface area (Å²) in [5, 5.41) is 5.21. The minimum Gasteiger partial charge on any atom is -0.307 e. The van der Waals surface area contributed by atoms with Gasteiger partial charge in [-0.25, -0.2) is 0 Å². The van der Waals surface area contributed by atoms with Crippen LogP contribution < -0.4 is 5.32 Å². The van der Waals surface area contributed by atoms with E-state index in [-0.39, 0.29) is 11.0 Å². The molecule has 0 spiro atoms. The van der Waals surface area contributed by atoms with Gasteiger partial charge in [-0.3, -0.25) is 0 Å². The average molecular weight is 272 g/mol. The second kappa shape index (κ2) is 4.46. The van der Waals surface area contributed by atoms with Crippen molar-refractivity contribution in [1.29, 1.82) is 0 Å². The van der Waals surface area contributed by atoms with Crippen molar-refractivity contribution in [2.45, 2.75) is 39.2 Å². The maximum Gasteiger partial charge on any atom is 0.0499 e. The monoisotopic (exact) mass is 271 g/mol. The highest BCUT2D eigenvalue weighted by atomic mass is 35.5. The zero-order valence-electron chi connectivity index (χ0n) is 10.6. The van der Waals surface area contributed by atoms with Crippen LogP contribution in [0.15, 0.2) is 18.2 Å². The van der Waals surface area contributed by atoms with Crippen LogP contribution in [-0.4, -0.2) is 6.54 Å². The largest absolute Gasteiger partial charge is 0.307 e. The molecule has 1 heterocycles. The first kappa shape index (κ1) is 13.2. The Balaban J connectivity index is 2.57. The molecule has 1 fully saturated rings. The summed E-state index contributed by atoms with van der Waals surface area (Å²) in [6.07, 6.45) is 2.29. The van der Waals surface area contributed by atoms with Gasteiger partial charge in [0.1, 0.15) is 0 Å². The molecule has 1 N–H and O–H groups in total. The minimum atomic E-state index is -0.0605. The van der Waals surface area contributed by atoms with Crippen molar-refractivity contribution < 1.29 is 0 Å². The van der Waals surface area contributed by atoms with Gasteiger partial charge in [-0.2, -0.15) is 0 Å². The van der Waals surface area contributed by atoms with E-state index in [2.05, 4.69) is 26.1 Å². The van der Waals surface area contributed by atoms with Crippen molar-refractivity contribution >= 4 is 23.2 Å². The standard InChI is InChI=1S/C14H19Cl2N/c1-13(2,3)14(7-4-8-17-14)11-9-10(15)5-6-12(11)16/h5-6,9,17H,4,7-8H2,1-3H3. The maximum atomic E-state index is 6.37. The number of halogens is 2. The second-order valence-corrected chi connectivity index (χ2v) is 6.65. The Morgan fingerprint density at radius 2 is 1.94 bits per heavy atom. The van der Waals surface area contributed by atoms with Gasteiger partial charge in [-0.1, -0.05) is 44.0 Å². The van der Waals surface area contributed by atoms with E-state index in [1.165, 1.54) is 6.42 Å². The van der Waals surface area contributed by atoms with E-state index < -0.39 is 0 Å². The molecule has 0 bridgehead atoms. The Hall–Kier alpha value is -0.240.